The van der Waals surface area contributed by atoms with Crippen LogP contribution in [0.3, 0.4) is 0 Å². The Morgan fingerprint density at radius 3 is 2.22 bits per heavy atom. The molecular formula is C24H28N2O6. The van der Waals surface area contributed by atoms with Crippen LogP contribution in [0, 0.1) is 5.92 Å². The highest BCUT2D eigenvalue weighted by Gasteiger charge is 2.28. The van der Waals surface area contributed by atoms with Crippen molar-refractivity contribution in [1.82, 2.24) is 10.6 Å². The minimum Gasteiger partial charge on any atom is -0.481 e. The van der Waals surface area contributed by atoms with Crippen molar-refractivity contribution < 1.29 is 29.0 Å². The maximum atomic E-state index is 12.1. The highest BCUT2D eigenvalue weighted by molar-refractivity contribution is 5.79. The van der Waals surface area contributed by atoms with Gasteiger partial charge in [-0.3, -0.25) is 9.59 Å². The zero-order chi connectivity index (χ0) is 22.9. The summed E-state index contributed by atoms with van der Waals surface area (Å²) < 4.78 is 10.6. The molecule has 0 saturated heterocycles. The summed E-state index contributed by atoms with van der Waals surface area (Å²) in [6, 6.07) is 16.2. The van der Waals surface area contributed by atoms with Crippen LogP contribution >= 0.6 is 0 Å². The second-order valence-electron chi connectivity index (χ2n) is 7.55. The van der Waals surface area contributed by atoms with E-state index in [0.29, 0.717) is 6.42 Å². The lowest BCUT2D eigenvalue weighted by Gasteiger charge is -2.14. The smallest absolute Gasteiger partial charge is 0.407 e. The molecule has 0 fully saturated rings. The first-order valence-corrected chi connectivity index (χ1v) is 10.7. The third-order valence-electron chi connectivity index (χ3n) is 5.48. The Kier molecular flexibility index (Phi) is 8.21. The van der Waals surface area contributed by atoms with E-state index in [9.17, 15) is 14.4 Å². The number of nitrogens with one attached hydrogen (secondary N) is 2. The molecule has 1 unspecified atom stereocenters. The molecule has 1 aliphatic rings. The number of ether oxygens (including phenoxy) is 2. The van der Waals surface area contributed by atoms with Crippen LogP contribution in [0.5, 0.6) is 0 Å². The molecule has 2 aromatic carbocycles. The summed E-state index contributed by atoms with van der Waals surface area (Å²) in [5.41, 5.74) is 4.61. The van der Waals surface area contributed by atoms with Crippen molar-refractivity contribution in [3.05, 3.63) is 59.7 Å². The molecule has 32 heavy (non-hydrogen) atoms. The van der Waals surface area contributed by atoms with E-state index in [1.54, 1.807) is 6.92 Å². The molecule has 0 bridgehead atoms. The number of carbonyl (C=O) groups is 3. The summed E-state index contributed by atoms with van der Waals surface area (Å²) in [5.74, 6) is -1.97. The summed E-state index contributed by atoms with van der Waals surface area (Å²) in [6.45, 7) is 2.15. The third kappa shape index (κ3) is 5.85. The van der Waals surface area contributed by atoms with Crippen molar-refractivity contribution in [3.8, 4) is 11.1 Å². The number of hydrogen-bond acceptors (Lipinski definition) is 5. The molecule has 2 amide bonds. The maximum absolute atomic E-state index is 12.1. The Balaban J connectivity index is 1.35. The molecule has 1 atom stereocenters. The molecule has 0 saturated carbocycles. The molecule has 0 aromatic heterocycles. The number of aliphatic carboxylic acids is 1. The number of rotatable bonds is 11. The van der Waals surface area contributed by atoms with E-state index < -0.39 is 23.9 Å². The summed E-state index contributed by atoms with van der Waals surface area (Å²) in [4.78, 5) is 34.7. The lowest BCUT2D eigenvalue weighted by Crippen LogP contribution is -2.35. The Morgan fingerprint density at radius 2 is 1.62 bits per heavy atom. The van der Waals surface area contributed by atoms with Gasteiger partial charge in [0.15, 0.2) is 0 Å². The predicted molar refractivity (Wildman–Crippen MR) is 118 cm³/mol. The van der Waals surface area contributed by atoms with Crippen LogP contribution in [-0.4, -0.2) is 56.0 Å². The zero-order valence-electron chi connectivity index (χ0n) is 18.0. The van der Waals surface area contributed by atoms with Gasteiger partial charge in [-0.25, -0.2) is 4.79 Å². The lowest BCUT2D eigenvalue weighted by molar-refractivity contribution is -0.141. The number of hydrogen-bond donors (Lipinski definition) is 3. The van der Waals surface area contributed by atoms with E-state index in [2.05, 4.69) is 34.9 Å². The van der Waals surface area contributed by atoms with Gasteiger partial charge in [0.05, 0.1) is 12.5 Å². The fourth-order valence-corrected chi connectivity index (χ4v) is 3.73. The number of carbonyl (C=O) groups excluding carboxylic acids is 2. The van der Waals surface area contributed by atoms with Crippen molar-refractivity contribution >= 4 is 18.0 Å². The molecule has 8 heteroatoms. The number of carboxylic acids is 1. The van der Waals surface area contributed by atoms with Gasteiger partial charge in [0, 0.05) is 19.0 Å². The van der Waals surface area contributed by atoms with Crippen molar-refractivity contribution in [2.24, 2.45) is 5.92 Å². The van der Waals surface area contributed by atoms with E-state index in [1.165, 1.54) is 0 Å². The Bertz CT molecular complexity index is 916. The Labute approximate surface area is 186 Å². The van der Waals surface area contributed by atoms with Gasteiger partial charge in [0.1, 0.15) is 13.2 Å². The summed E-state index contributed by atoms with van der Waals surface area (Å²) >= 11 is 0. The third-order valence-corrected chi connectivity index (χ3v) is 5.48. The average Bonchev–Trinajstić information content (AvgIpc) is 3.11. The normalized spacial score (nSPS) is 13.0. The summed E-state index contributed by atoms with van der Waals surface area (Å²) in [5, 5.41) is 14.1. The van der Waals surface area contributed by atoms with E-state index >= 15 is 0 Å². The lowest BCUT2D eigenvalue weighted by atomic mass is 9.98. The molecule has 1 aliphatic carbocycles. The molecule has 0 heterocycles. The number of amides is 2. The quantitative estimate of drug-likeness (QED) is 0.463. The van der Waals surface area contributed by atoms with E-state index in [4.69, 9.17) is 14.6 Å². The standard InChI is InChI=1S/C24H28N2O6/c1-2-16(23(28)29)13-26-22(27)15-31-12-11-25-24(30)32-14-21-19-9-5-3-7-17(19)18-8-4-6-10-20(18)21/h3-10,16,21H,2,11-15H2,1H3,(H,25,30)(H,26,27)(H,28,29). The van der Waals surface area contributed by atoms with Crippen molar-refractivity contribution in [1.29, 1.82) is 0 Å². The van der Waals surface area contributed by atoms with E-state index in [0.717, 1.165) is 22.3 Å². The highest BCUT2D eigenvalue weighted by atomic mass is 16.5. The van der Waals surface area contributed by atoms with Crippen LogP contribution in [0.2, 0.25) is 0 Å². The summed E-state index contributed by atoms with van der Waals surface area (Å²) in [7, 11) is 0. The molecule has 8 nitrogen and oxygen atoms in total. The molecule has 170 valence electrons. The maximum Gasteiger partial charge on any atom is 0.407 e. The summed E-state index contributed by atoms with van der Waals surface area (Å²) in [6.07, 6.45) is -0.118. The van der Waals surface area contributed by atoms with E-state index in [-0.39, 0.29) is 38.8 Å². The zero-order valence-corrected chi connectivity index (χ0v) is 18.0. The molecule has 2 aromatic rings. The van der Waals surface area contributed by atoms with Crippen molar-refractivity contribution in [3.63, 3.8) is 0 Å². The minimum absolute atomic E-state index is 0.00848. The van der Waals surface area contributed by atoms with E-state index in [1.807, 2.05) is 24.3 Å². The predicted octanol–water partition coefficient (Wildman–Crippen LogP) is 2.77. The van der Waals surface area contributed by atoms with Gasteiger partial charge in [-0.15, -0.1) is 0 Å². The van der Waals surface area contributed by atoms with Crippen LogP contribution in [0.25, 0.3) is 11.1 Å². The molecular weight excluding hydrogens is 412 g/mol. The first kappa shape index (κ1) is 23.3. The fourth-order valence-electron chi connectivity index (χ4n) is 3.73. The molecule has 0 aliphatic heterocycles. The monoisotopic (exact) mass is 440 g/mol. The second-order valence-corrected chi connectivity index (χ2v) is 7.55. The molecule has 0 spiro atoms. The van der Waals surface area contributed by atoms with Gasteiger partial charge >= 0.3 is 12.1 Å². The largest absolute Gasteiger partial charge is 0.481 e. The number of benzene rings is 2. The van der Waals surface area contributed by atoms with Crippen LogP contribution in [-0.2, 0) is 19.1 Å². The van der Waals surface area contributed by atoms with Gasteiger partial charge in [-0.05, 0) is 28.7 Å². The topological polar surface area (TPSA) is 114 Å². The Hall–Kier alpha value is -3.39. The molecule has 0 radical (unpaired) electrons. The highest BCUT2D eigenvalue weighted by Crippen LogP contribution is 2.44. The van der Waals surface area contributed by atoms with Gasteiger partial charge in [-0.2, -0.15) is 0 Å². The van der Waals surface area contributed by atoms with Gasteiger partial charge in [0.2, 0.25) is 5.91 Å². The van der Waals surface area contributed by atoms with Crippen molar-refractivity contribution in [2.45, 2.75) is 19.3 Å². The van der Waals surface area contributed by atoms with Crippen LogP contribution in [0.1, 0.15) is 30.4 Å². The minimum atomic E-state index is -0.944. The SMILES string of the molecule is CCC(CNC(=O)COCCNC(=O)OCC1c2ccccc2-c2ccccc21)C(=O)O. The first-order chi connectivity index (χ1) is 15.5. The average molecular weight is 440 g/mol. The van der Waals surface area contributed by atoms with Gasteiger partial charge < -0.3 is 25.2 Å². The van der Waals surface area contributed by atoms with Gasteiger partial charge in [-0.1, -0.05) is 55.5 Å². The number of carboxylic acid groups (broad SMARTS) is 1. The Morgan fingerprint density at radius 1 is 1.00 bits per heavy atom. The molecule has 3 rings (SSSR count). The number of alkyl carbamates (subject to hydrolysis) is 1. The van der Waals surface area contributed by atoms with Crippen LogP contribution in [0.15, 0.2) is 48.5 Å². The van der Waals surface area contributed by atoms with Gasteiger partial charge in [0.25, 0.3) is 0 Å². The second kappa shape index (κ2) is 11.3. The first-order valence-electron chi connectivity index (χ1n) is 10.7. The van der Waals surface area contributed by atoms with Crippen LogP contribution < -0.4 is 10.6 Å². The van der Waals surface area contributed by atoms with Crippen LogP contribution in [0.4, 0.5) is 4.79 Å². The number of fused-ring (bicyclic) bond motifs is 3. The van der Waals surface area contributed by atoms with Crippen molar-refractivity contribution in [2.75, 3.05) is 32.9 Å². The molecule has 3 N–H and O–H groups in total. The fraction of sp³-hybridized carbons (Fsp3) is 0.375.